The Bertz CT molecular complexity index is 549. The second-order valence-corrected chi connectivity index (χ2v) is 4.84. The van der Waals surface area contributed by atoms with E-state index in [0.717, 1.165) is 18.4 Å². The number of nitrogens with zero attached hydrogens (tertiary/aromatic N) is 2. The normalized spacial score (nSPS) is 12.2. The van der Waals surface area contributed by atoms with Crippen LogP contribution in [0.1, 0.15) is 31.0 Å². The summed E-state index contributed by atoms with van der Waals surface area (Å²) in [4.78, 5) is 4.33. The minimum atomic E-state index is -0.231. The largest absolute Gasteiger partial charge is 0.497 e. The number of alkyl halides is 1. The average Bonchev–Trinajstić information content (AvgIpc) is 2.97. The monoisotopic (exact) mass is 296 g/mol. The maximum atomic E-state index is 6.19. The van der Waals surface area contributed by atoms with Crippen molar-refractivity contribution in [3.63, 3.8) is 0 Å². The Hall–Kier alpha value is -1.75. The van der Waals surface area contributed by atoms with E-state index in [2.05, 4.69) is 17.1 Å². The van der Waals surface area contributed by atoms with Crippen LogP contribution in [-0.2, 0) is 0 Å². The van der Waals surface area contributed by atoms with Crippen molar-refractivity contribution in [1.82, 2.24) is 10.1 Å². The lowest BCUT2D eigenvalue weighted by Crippen LogP contribution is -1.93. The summed E-state index contributed by atoms with van der Waals surface area (Å²) >= 11 is 6.19. The molecule has 1 heterocycles. The molecule has 0 aliphatic carbocycles. The van der Waals surface area contributed by atoms with E-state index >= 15 is 0 Å². The summed E-state index contributed by atoms with van der Waals surface area (Å²) in [5.74, 6) is 2.23. The summed E-state index contributed by atoms with van der Waals surface area (Å²) in [5, 5.41) is 3.69. The molecule has 2 rings (SSSR count). The molecule has 108 valence electrons. The molecule has 1 aromatic carbocycles. The molecule has 1 atom stereocenters. The van der Waals surface area contributed by atoms with E-state index in [1.807, 2.05) is 12.1 Å². The molecular formula is C14H17ClN2O3. The van der Waals surface area contributed by atoms with E-state index in [1.165, 1.54) is 0 Å². The third-order valence-corrected chi connectivity index (χ3v) is 3.28. The first-order valence-corrected chi connectivity index (χ1v) is 6.82. The third-order valence-electron chi connectivity index (χ3n) is 2.86. The molecule has 0 radical (unpaired) electrons. The van der Waals surface area contributed by atoms with Crippen molar-refractivity contribution >= 4 is 11.6 Å². The van der Waals surface area contributed by atoms with E-state index in [9.17, 15) is 0 Å². The van der Waals surface area contributed by atoms with Crippen LogP contribution in [0.15, 0.2) is 22.7 Å². The maximum absolute atomic E-state index is 6.19. The number of hydrogen-bond donors (Lipinski definition) is 0. The van der Waals surface area contributed by atoms with Crippen molar-refractivity contribution in [3.8, 4) is 23.0 Å². The average molecular weight is 297 g/mol. The highest BCUT2D eigenvalue weighted by Crippen LogP contribution is 2.30. The summed E-state index contributed by atoms with van der Waals surface area (Å²) in [5.41, 5.74) is 0.736. The molecule has 5 nitrogen and oxygen atoms in total. The molecule has 0 saturated heterocycles. The Morgan fingerprint density at radius 1 is 1.20 bits per heavy atom. The van der Waals surface area contributed by atoms with Crippen LogP contribution in [0, 0.1) is 0 Å². The Morgan fingerprint density at radius 2 is 1.85 bits per heavy atom. The first-order chi connectivity index (χ1) is 9.67. The number of rotatable bonds is 6. The number of ether oxygens (including phenoxy) is 2. The van der Waals surface area contributed by atoms with Crippen molar-refractivity contribution in [2.75, 3.05) is 14.2 Å². The lowest BCUT2D eigenvalue weighted by molar-refractivity contribution is 0.392. The molecule has 1 unspecified atom stereocenters. The third kappa shape index (κ3) is 3.22. The standard InChI is InChI=1S/C14H17ClN2O3/c1-4-5-12(15)13-16-14(20-17-13)9-6-10(18-2)8-11(7-9)19-3/h6-8,12H,4-5H2,1-3H3. The van der Waals surface area contributed by atoms with Gasteiger partial charge in [0.05, 0.1) is 19.6 Å². The number of methoxy groups -OCH3 is 2. The van der Waals surface area contributed by atoms with Gasteiger partial charge in [0.15, 0.2) is 5.82 Å². The van der Waals surface area contributed by atoms with Gasteiger partial charge in [0.1, 0.15) is 11.5 Å². The topological polar surface area (TPSA) is 57.4 Å². The first-order valence-electron chi connectivity index (χ1n) is 6.39. The molecule has 0 spiro atoms. The molecule has 20 heavy (non-hydrogen) atoms. The fourth-order valence-electron chi connectivity index (χ4n) is 1.79. The van der Waals surface area contributed by atoms with Crippen molar-refractivity contribution in [2.24, 2.45) is 0 Å². The van der Waals surface area contributed by atoms with Gasteiger partial charge in [0.25, 0.3) is 5.89 Å². The zero-order valence-electron chi connectivity index (χ0n) is 11.7. The van der Waals surface area contributed by atoms with Gasteiger partial charge in [-0.3, -0.25) is 0 Å². The summed E-state index contributed by atoms with van der Waals surface area (Å²) < 4.78 is 15.7. The van der Waals surface area contributed by atoms with Crippen LogP contribution in [0.2, 0.25) is 0 Å². The summed E-state index contributed by atoms with van der Waals surface area (Å²) in [6.07, 6.45) is 1.77. The van der Waals surface area contributed by atoms with Gasteiger partial charge in [0, 0.05) is 11.6 Å². The lowest BCUT2D eigenvalue weighted by atomic mass is 10.2. The van der Waals surface area contributed by atoms with Crippen LogP contribution in [-0.4, -0.2) is 24.4 Å². The minimum absolute atomic E-state index is 0.231. The maximum Gasteiger partial charge on any atom is 0.258 e. The van der Waals surface area contributed by atoms with Crippen LogP contribution in [0.4, 0.5) is 0 Å². The minimum Gasteiger partial charge on any atom is -0.497 e. The van der Waals surface area contributed by atoms with E-state index < -0.39 is 0 Å². The van der Waals surface area contributed by atoms with E-state index in [-0.39, 0.29) is 5.38 Å². The van der Waals surface area contributed by atoms with Crippen LogP contribution < -0.4 is 9.47 Å². The van der Waals surface area contributed by atoms with Gasteiger partial charge in [-0.25, -0.2) is 0 Å². The highest BCUT2D eigenvalue weighted by atomic mass is 35.5. The van der Waals surface area contributed by atoms with Crippen LogP contribution in [0.3, 0.4) is 0 Å². The highest BCUT2D eigenvalue weighted by Gasteiger charge is 2.17. The molecule has 6 heteroatoms. The second-order valence-electron chi connectivity index (χ2n) is 4.32. The van der Waals surface area contributed by atoms with Crippen LogP contribution in [0.5, 0.6) is 11.5 Å². The first kappa shape index (κ1) is 14.7. The van der Waals surface area contributed by atoms with Gasteiger partial charge < -0.3 is 14.0 Å². The Balaban J connectivity index is 2.31. The zero-order valence-corrected chi connectivity index (χ0v) is 12.5. The van der Waals surface area contributed by atoms with E-state index in [4.69, 9.17) is 25.6 Å². The van der Waals surface area contributed by atoms with Crippen LogP contribution in [0.25, 0.3) is 11.5 Å². The SMILES string of the molecule is CCCC(Cl)c1noc(-c2cc(OC)cc(OC)c2)n1. The van der Waals surface area contributed by atoms with Gasteiger partial charge in [-0.15, -0.1) is 11.6 Å². The summed E-state index contributed by atoms with van der Waals surface area (Å²) in [7, 11) is 3.18. The summed E-state index contributed by atoms with van der Waals surface area (Å²) in [6, 6.07) is 5.40. The number of benzene rings is 1. The van der Waals surface area contributed by atoms with Crippen molar-refractivity contribution < 1.29 is 14.0 Å². The molecule has 0 fully saturated rings. The smallest absolute Gasteiger partial charge is 0.258 e. The molecule has 0 amide bonds. The fourth-order valence-corrected chi connectivity index (χ4v) is 2.10. The van der Waals surface area contributed by atoms with Crippen molar-refractivity contribution in [1.29, 1.82) is 0 Å². The molecule has 2 aromatic rings. The molecule has 0 aliphatic rings. The number of halogens is 1. The molecule has 0 bridgehead atoms. The molecule has 1 aromatic heterocycles. The summed E-state index contributed by atoms with van der Waals surface area (Å²) in [6.45, 7) is 2.06. The Labute approximate surface area is 122 Å². The van der Waals surface area contributed by atoms with E-state index in [1.54, 1.807) is 20.3 Å². The Morgan fingerprint density at radius 3 is 2.40 bits per heavy atom. The van der Waals surface area contributed by atoms with Crippen molar-refractivity contribution in [3.05, 3.63) is 24.0 Å². The van der Waals surface area contributed by atoms with Gasteiger partial charge in [0.2, 0.25) is 0 Å². The molecular weight excluding hydrogens is 280 g/mol. The predicted molar refractivity (Wildman–Crippen MR) is 76.3 cm³/mol. The van der Waals surface area contributed by atoms with Crippen LogP contribution >= 0.6 is 11.6 Å². The molecule has 0 N–H and O–H groups in total. The van der Waals surface area contributed by atoms with Gasteiger partial charge in [-0.2, -0.15) is 4.98 Å². The van der Waals surface area contributed by atoms with Gasteiger partial charge >= 0.3 is 0 Å². The fraction of sp³-hybridized carbons (Fsp3) is 0.429. The van der Waals surface area contributed by atoms with Gasteiger partial charge in [-0.05, 0) is 18.6 Å². The lowest BCUT2D eigenvalue weighted by Gasteiger charge is -2.05. The van der Waals surface area contributed by atoms with E-state index in [0.29, 0.717) is 23.2 Å². The highest BCUT2D eigenvalue weighted by molar-refractivity contribution is 6.20. The Kier molecular flexibility index (Phi) is 4.84. The molecule has 0 saturated carbocycles. The zero-order chi connectivity index (χ0) is 14.5. The van der Waals surface area contributed by atoms with Crippen molar-refractivity contribution in [2.45, 2.75) is 25.1 Å². The molecule has 0 aliphatic heterocycles. The number of hydrogen-bond acceptors (Lipinski definition) is 5. The second kappa shape index (κ2) is 6.61. The predicted octanol–water partition coefficient (Wildman–Crippen LogP) is 3.83. The quantitative estimate of drug-likeness (QED) is 0.758. The van der Waals surface area contributed by atoms with Gasteiger partial charge in [-0.1, -0.05) is 18.5 Å². The number of aromatic nitrogens is 2.